The molecule has 98 valence electrons. The van der Waals surface area contributed by atoms with Crippen LogP contribution in [0.2, 0.25) is 0 Å². The maximum atomic E-state index is 3.56. The second-order valence-electron chi connectivity index (χ2n) is 5.45. The third-order valence-electron chi connectivity index (χ3n) is 4.16. The van der Waals surface area contributed by atoms with Crippen molar-refractivity contribution in [2.75, 3.05) is 31.1 Å². The van der Waals surface area contributed by atoms with Crippen molar-refractivity contribution >= 4 is 11.8 Å². The van der Waals surface area contributed by atoms with E-state index in [-0.39, 0.29) is 0 Å². The first-order valence-corrected chi connectivity index (χ1v) is 8.10. The molecule has 1 aromatic carbocycles. The summed E-state index contributed by atoms with van der Waals surface area (Å²) in [6.45, 7) is 7.01. The summed E-state index contributed by atoms with van der Waals surface area (Å²) in [5.74, 6) is 3.26. The summed E-state index contributed by atoms with van der Waals surface area (Å²) in [5.41, 5.74) is 3.06. The Morgan fingerprint density at radius 2 is 2.28 bits per heavy atom. The molecule has 0 aliphatic carbocycles. The van der Waals surface area contributed by atoms with Crippen LogP contribution >= 0.6 is 11.8 Å². The molecule has 0 saturated carbocycles. The van der Waals surface area contributed by atoms with Crippen LogP contribution in [0.15, 0.2) is 24.3 Å². The van der Waals surface area contributed by atoms with E-state index in [0.29, 0.717) is 5.92 Å². The minimum absolute atomic E-state index is 0.667. The molecule has 1 fully saturated rings. The number of nitrogens with one attached hydrogen (secondary N) is 1. The Morgan fingerprint density at radius 1 is 1.39 bits per heavy atom. The minimum Gasteiger partial charge on any atom is -0.312 e. The lowest BCUT2D eigenvalue weighted by atomic mass is 9.90. The van der Waals surface area contributed by atoms with Gasteiger partial charge in [0.1, 0.15) is 0 Å². The molecule has 2 aliphatic heterocycles. The van der Waals surface area contributed by atoms with Crippen LogP contribution in [0.3, 0.4) is 0 Å². The van der Waals surface area contributed by atoms with Crippen molar-refractivity contribution in [3.8, 4) is 0 Å². The van der Waals surface area contributed by atoms with E-state index in [0.717, 1.165) is 19.1 Å². The SMILES string of the molecule is CC1CSCCN1CC1CNCc2ccccc21. The molecule has 2 atom stereocenters. The molecule has 2 unspecified atom stereocenters. The zero-order valence-corrected chi connectivity index (χ0v) is 11.9. The minimum atomic E-state index is 0.667. The number of fused-ring (bicyclic) bond motifs is 1. The highest BCUT2D eigenvalue weighted by Crippen LogP contribution is 2.26. The molecule has 0 radical (unpaired) electrons. The fourth-order valence-electron chi connectivity index (χ4n) is 3.06. The van der Waals surface area contributed by atoms with Gasteiger partial charge in [0.25, 0.3) is 0 Å². The number of rotatable bonds is 2. The van der Waals surface area contributed by atoms with Crippen molar-refractivity contribution in [3.05, 3.63) is 35.4 Å². The van der Waals surface area contributed by atoms with E-state index in [1.807, 2.05) is 0 Å². The maximum Gasteiger partial charge on any atom is 0.0208 e. The maximum absolute atomic E-state index is 3.56. The third kappa shape index (κ3) is 2.58. The van der Waals surface area contributed by atoms with Crippen molar-refractivity contribution < 1.29 is 0 Å². The second-order valence-corrected chi connectivity index (χ2v) is 6.60. The van der Waals surface area contributed by atoms with Crippen LogP contribution in [0.25, 0.3) is 0 Å². The van der Waals surface area contributed by atoms with Gasteiger partial charge in [-0.2, -0.15) is 11.8 Å². The number of hydrogen-bond acceptors (Lipinski definition) is 3. The van der Waals surface area contributed by atoms with Gasteiger partial charge in [-0.25, -0.2) is 0 Å². The van der Waals surface area contributed by atoms with Gasteiger partial charge in [0.05, 0.1) is 0 Å². The molecule has 2 heterocycles. The molecule has 0 bridgehead atoms. The van der Waals surface area contributed by atoms with Crippen LogP contribution in [0.1, 0.15) is 24.0 Å². The summed E-state index contributed by atoms with van der Waals surface area (Å²) in [5, 5.41) is 3.56. The van der Waals surface area contributed by atoms with E-state index in [1.54, 1.807) is 5.56 Å². The van der Waals surface area contributed by atoms with E-state index in [9.17, 15) is 0 Å². The highest BCUT2D eigenvalue weighted by molar-refractivity contribution is 7.99. The largest absolute Gasteiger partial charge is 0.312 e. The summed E-state index contributed by atoms with van der Waals surface area (Å²) in [6.07, 6.45) is 0. The van der Waals surface area contributed by atoms with Crippen molar-refractivity contribution in [2.45, 2.75) is 25.4 Å². The monoisotopic (exact) mass is 262 g/mol. The topological polar surface area (TPSA) is 15.3 Å². The van der Waals surface area contributed by atoms with Crippen molar-refractivity contribution in [1.82, 2.24) is 10.2 Å². The molecule has 0 amide bonds. The van der Waals surface area contributed by atoms with E-state index < -0.39 is 0 Å². The Hall–Kier alpha value is -0.510. The lowest BCUT2D eigenvalue weighted by molar-refractivity contribution is 0.213. The first-order chi connectivity index (χ1) is 8.84. The van der Waals surface area contributed by atoms with E-state index in [4.69, 9.17) is 0 Å². The Morgan fingerprint density at radius 3 is 3.17 bits per heavy atom. The summed E-state index contributed by atoms with van der Waals surface area (Å²) in [6, 6.07) is 9.67. The fraction of sp³-hybridized carbons (Fsp3) is 0.600. The standard InChI is InChI=1S/C15H22N2S/c1-12-11-18-7-6-17(12)10-14-9-16-8-13-4-2-3-5-15(13)14/h2-5,12,14,16H,6-11H2,1H3. The lowest BCUT2D eigenvalue weighted by Crippen LogP contribution is -2.45. The van der Waals surface area contributed by atoms with Gasteiger partial charge < -0.3 is 5.32 Å². The predicted octanol–water partition coefficient (Wildman–Crippen LogP) is 2.31. The molecular formula is C15H22N2S. The van der Waals surface area contributed by atoms with Crippen molar-refractivity contribution in [3.63, 3.8) is 0 Å². The number of thioether (sulfide) groups is 1. The Labute approximate surface area is 114 Å². The quantitative estimate of drug-likeness (QED) is 0.880. The molecule has 0 spiro atoms. The number of benzene rings is 1. The molecule has 2 aliphatic rings. The number of hydrogen-bond donors (Lipinski definition) is 1. The van der Waals surface area contributed by atoms with Crippen LogP contribution in [0.4, 0.5) is 0 Å². The zero-order valence-electron chi connectivity index (χ0n) is 11.1. The van der Waals surface area contributed by atoms with E-state index in [1.165, 1.54) is 30.2 Å². The average Bonchev–Trinajstić information content (AvgIpc) is 2.42. The summed E-state index contributed by atoms with van der Waals surface area (Å²) < 4.78 is 0. The smallest absolute Gasteiger partial charge is 0.0208 e. The van der Waals surface area contributed by atoms with Gasteiger partial charge >= 0.3 is 0 Å². The Kier molecular flexibility index (Phi) is 3.92. The summed E-state index contributed by atoms with van der Waals surface area (Å²) >= 11 is 2.10. The van der Waals surface area contributed by atoms with E-state index in [2.05, 4.69) is 53.2 Å². The summed E-state index contributed by atoms with van der Waals surface area (Å²) in [7, 11) is 0. The summed E-state index contributed by atoms with van der Waals surface area (Å²) in [4.78, 5) is 2.67. The van der Waals surface area contributed by atoms with Crippen LogP contribution < -0.4 is 5.32 Å². The third-order valence-corrected chi connectivity index (χ3v) is 5.35. The molecule has 1 aromatic rings. The molecule has 3 heteroatoms. The van der Waals surface area contributed by atoms with Gasteiger partial charge in [-0.3, -0.25) is 4.90 Å². The molecular weight excluding hydrogens is 240 g/mol. The van der Waals surface area contributed by atoms with Crippen LogP contribution in [0.5, 0.6) is 0 Å². The predicted molar refractivity (Wildman–Crippen MR) is 79.2 cm³/mol. The molecule has 3 rings (SSSR count). The van der Waals surface area contributed by atoms with Crippen molar-refractivity contribution in [1.29, 1.82) is 0 Å². The Balaban J connectivity index is 1.73. The second kappa shape index (κ2) is 5.64. The average molecular weight is 262 g/mol. The molecule has 0 aromatic heterocycles. The normalized spacial score (nSPS) is 28.9. The van der Waals surface area contributed by atoms with Crippen LogP contribution in [-0.2, 0) is 6.54 Å². The van der Waals surface area contributed by atoms with Gasteiger partial charge in [-0.1, -0.05) is 24.3 Å². The van der Waals surface area contributed by atoms with E-state index >= 15 is 0 Å². The lowest BCUT2D eigenvalue weighted by Gasteiger charge is -2.37. The van der Waals surface area contributed by atoms with Gasteiger partial charge in [0, 0.05) is 49.6 Å². The van der Waals surface area contributed by atoms with Crippen LogP contribution in [0, 0.1) is 0 Å². The molecule has 2 nitrogen and oxygen atoms in total. The van der Waals surface area contributed by atoms with Gasteiger partial charge in [0.15, 0.2) is 0 Å². The van der Waals surface area contributed by atoms with Crippen LogP contribution in [-0.4, -0.2) is 42.1 Å². The molecule has 1 saturated heterocycles. The first-order valence-electron chi connectivity index (χ1n) is 6.95. The highest BCUT2D eigenvalue weighted by Gasteiger charge is 2.25. The first kappa shape index (κ1) is 12.5. The highest BCUT2D eigenvalue weighted by atomic mass is 32.2. The molecule has 18 heavy (non-hydrogen) atoms. The van der Waals surface area contributed by atoms with Gasteiger partial charge in [-0.05, 0) is 18.1 Å². The zero-order chi connectivity index (χ0) is 12.4. The van der Waals surface area contributed by atoms with Crippen molar-refractivity contribution in [2.24, 2.45) is 0 Å². The van der Waals surface area contributed by atoms with Gasteiger partial charge in [-0.15, -0.1) is 0 Å². The van der Waals surface area contributed by atoms with Gasteiger partial charge in [0.2, 0.25) is 0 Å². The Bertz CT molecular complexity index is 407. The fourth-order valence-corrected chi connectivity index (χ4v) is 4.15. The number of nitrogens with zero attached hydrogens (tertiary/aromatic N) is 1. The molecule has 1 N–H and O–H groups in total.